The molecule has 2 rings (SSSR count). The molecule has 0 aromatic heterocycles. The third kappa shape index (κ3) is 7.45. The second-order valence-electron chi connectivity index (χ2n) is 7.03. The van der Waals surface area contributed by atoms with Crippen molar-refractivity contribution in [3.63, 3.8) is 0 Å². The van der Waals surface area contributed by atoms with Crippen molar-refractivity contribution in [3.05, 3.63) is 59.7 Å². The summed E-state index contributed by atoms with van der Waals surface area (Å²) >= 11 is 1.51. The Morgan fingerprint density at radius 1 is 1.09 bits per heavy atom. The Morgan fingerprint density at radius 3 is 2.27 bits per heavy atom. The molecule has 0 radical (unpaired) electrons. The first kappa shape index (κ1) is 26.1. The first-order valence-corrected chi connectivity index (χ1v) is 11.7. The molecule has 178 valence electrons. The highest BCUT2D eigenvalue weighted by Crippen LogP contribution is 2.18. The second kappa shape index (κ2) is 12.8. The van der Waals surface area contributed by atoms with E-state index < -0.39 is 47.6 Å². The summed E-state index contributed by atoms with van der Waals surface area (Å²) in [4.78, 5) is 39.4. The van der Waals surface area contributed by atoms with Crippen molar-refractivity contribution in [1.29, 1.82) is 0 Å². The van der Waals surface area contributed by atoms with Gasteiger partial charge >= 0.3 is 0 Å². The molecule has 0 unspecified atom stereocenters. The zero-order valence-electron chi connectivity index (χ0n) is 18.7. The van der Waals surface area contributed by atoms with Gasteiger partial charge in [0.15, 0.2) is 0 Å². The minimum atomic E-state index is -0.915. The van der Waals surface area contributed by atoms with Gasteiger partial charge in [-0.2, -0.15) is 11.8 Å². The Labute approximate surface area is 195 Å². The van der Waals surface area contributed by atoms with Crippen molar-refractivity contribution in [2.75, 3.05) is 37.5 Å². The number of hydrogen-bond acceptors (Lipinski definition) is 5. The number of carbonyl (C=O) groups excluding carboxylic acids is 3. The molecule has 2 aromatic rings. The lowest BCUT2D eigenvalue weighted by atomic mass is 10.1. The number of likely N-dealkylation sites (N-methyl/N-ethyl adjacent to an activating group) is 1. The van der Waals surface area contributed by atoms with E-state index >= 15 is 0 Å². The molecular weight excluding hydrogens is 452 g/mol. The molecule has 0 heterocycles. The van der Waals surface area contributed by atoms with Crippen LogP contribution in [0.15, 0.2) is 42.5 Å². The number of nitrogens with one attached hydrogen (secondary N) is 2. The number of benzene rings is 2. The molecule has 2 N–H and O–H groups in total. The van der Waals surface area contributed by atoms with Gasteiger partial charge in [-0.1, -0.05) is 6.07 Å². The summed E-state index contributed by atoms with van der Waals surface area (Å²) in [6.07, 6.45) is 2.22. The van der Waals surface area contributed by atoms with Gasteiger partial charge in [0.25, 0.3) is 5.91 Å². The van der Waals surface area contributed by atoms with Gasteiger partial charge in [0.2, 0.25) is 11.8 Å². The fourth-order valence-electron chi connectivity index (χ4n) is 3.01. The van der Waals surface area contributed by atoms with Gasteiger partial charge in [-0.3, -0.25) is 14.4 Å². The highest BCUT2D eigenvalue weighted by atomic mass is 32.2. The lowest BCUT2D eigenvalue weighted by Crippen LogP contribution is -2.50. The summed E-state index contributed by atoms with van der Waals surface area (Å²) in [5.41, 5.74) is -0.216. The lowest BCUT2D eigenvalue weighted by Gasteiger charge is -2.26. The summed E-state index contributed by atoms with van der Waals surface area (Å²) in [7, 11) is 1.52. The van der Waals surface area contributed by atoms with E-state index in [-0.39, 0.29) is 6.54 Å². The number of nitrogens with zero attached hydrogens (tertiary/aromatic N) is 1. The number of hydrogen-bond donors (Lipinski definition) is 2. The van der Waals surface area contributed by atoms with Crippen LogP contribution in [0.2, 0.25) is 0 Å². The number of anilines is 1. The predicted octanol–water partition coefficient (Wildman–Crippen LogP) is 3.31. The molecule has 0 aliphatic heterocycles. The number of rotatable bonds is 11. The molecule has 33 heavy (non-hydrogen) atoms. The van der Waals surface area contributed by atoms with E-state index in [2.05, 4.69) is 10.6 Å². The maximum atomic E-state index is 13.8. The molecule has 0 saturated carbocycles. The van der Waals surface area contributed by atoms with Crippen LogP contribution in [0.5, 0.6) is 5.75 Å². The van der Waals surface area contributed by atoms with E-state index in [0.717, 1.165) is 12.1 Å². The van der Waals surface area contributed by atoms with Gasteiger partial charge in [0.1, 0.15) is 29.1 Å². The predicted molar refractivity (Wildman–Crippen MR) is 124 cm³/mol. The molecular formula is C23H27F2N3O4S. The summed E-state index contributed by atoms with van der Waals surface area (Å²) in [6, 6.07) is 8.80. The van der Waals surface area contributed by atoms with Crippen molar-refractivity contribution >= 4 is 35.2 Å². The number of methoxy groups -OCH3 is 1. The molecule has 1 atom stereocenters. The number of para-hydroxylation sites is 1. The molecule has 10 heteroatoms. The molecule has 7 nitrogen and oxygen atoms in total. The van der Waals surface area contributed by atoms with Crippen LogP contribution in [0.25, 0.3) is 0 Å². The van der Waals surface area contributed by atoms with Gasteiger partial charge in [0, 0.05) is 12.1 Å². The van der Waals surface area contributed by atoms with E-state index in [1.165, 1.54) is 29.8 Å². The number of halogens is 2. The van der Waals surface area contributed by atoms with Gasteiger partial charge in [0.05, 0.1) is 13.7 Å². The molecule has 2 aromatic carbocycles. The third-order valence-electron chi connectivity index (χ3n) is 4.82. The van der Waals surface area contributed by atoms with Crippen LogP contribution < -0.4 is 15.4 Å². The van der Waals surface area contributed by atoms with Crippen LogP contribution >= 0.6 is 11.8 Å². The SMILES string of the molecule is CCN(CC(=O)Nc1c(F)cccc1F)C(=O)[C@H](CCSC)NC(=O)c1ccc(OC)cc1. The Balaban J connectivity index is 2.10. The topological polar surface area (TPSA) is 87.7 Å². The van der Waals surface area contributed by atoms with Crippen molar-refractivity contribution in [3.8, 4) is 5.75 Å². The minimum absolute atomic E-state index is 0.167. The van der Waals surface area contributed by atoms with Crippen molar-refractivity contribution in [2.45, 2.75) is 19.4 Å². The van der Waals surface area contributed by atoms with E-state index in [0.29, 0.717) is 23.5 Å². The van der Waals surface area contributed by atoms with Crippen LogP contribution in [-0.2, 0) is 9.59 Å². The van der Waals surface area contributed by atoms with E-state index in [9.17, 15) is 23.2 Å². The molecule has 0 spiro atoms. The molecule has 3 amide bonds. The number of thioether (sulfide) groups is 1. The average molecular weight is 480 g/mol. The van der Waals surface area contributed by atoms with Crippen LogP contribution in [0.3, 0.4) is 0 Å². The maximum absolute atomic E-state index is 13.8. The molecule has 0 fully saturated rings. The fraction of sp³-hybridized carbons (Fsp3) is 0.348. The number of carbonyl (C=O) groups is 3. The summed E-state index contributed by atoms with van der Waals surface area (Å²) in [6.45, 7) is 1.42. The highest BCUT2D eigenvalue weighted by Gasteiger charge is 2.27. The highest BCUT2D eigenvalue weighted by molar-refractivity contribution is 7.98. The van der Waals surface area contributed by atoms with Crippen LogP contribution in [0.4, 0.5) is 14.5 Å². The van der Waals surface area contributed by atoms with Crippen molar-refractivity contribution < 1.29 is 27.9 Å². The normalized spacial score (nSPS) is 11.4. The average Bonchev–Trinajstić information content (AvgIpc) is 2.82. The summed E-state index contributed by atoms with van der Waals surface area (Å²) < 4.78 is 32.7. The quantitative estimate of drug-likeness (QED) is 0.516. The Kier molecular flexibility index (Phi) is 10.1. The molecule has 0 bridgehead atoms. The molecule has 0 aliphatic carbocycles. The Hall–Kier alpha value is -3.14. The minimum Gasteiger partial charge on any atom is -0.497 e. The van der Waals surface area contributed by atoms with E-state index in [4.69, 9.17) is 4.74 Å². The molecule has 0 saturated heterocycles. The smallest absolute Gasteiger partial charge is 0.251 e. The van der Waals surface area contributed by atoms with Crippen LogP contribution in [0.1, 0.15) is 23.7 Å². The van der Waals surface area contributed by atoms with Gasteiger partial charge in [-0.15, -0.1) is 0 Å². The monoisotopic (exact) mass is 479 g/mol. The Morgan fingerprint density at radius 2 is 1.73 bits per heavy atom. The zero-order valence-corrected chi connectivity index (χ0v) is 19.5. The van der Waals surface area contributed by atoms with Crippen molar-refractivity contribution in [1.82, 2.24) is 10.2 Å². The largest absolute Gasteiger partial charge is 0.497 e. The van der Waals surface area contributed by atoms with Gasteiger partial charge in [-0.25, -0.2) is 8.78 Å². The number of amides is 3. The number of ether oxygens (including phenoxy) is 1. The lowest BCUT2D eigenvalue weighted by molar-refractivity contribution is -0.136. The van der Waals surface area contributed by atoms with Crippen LogP contribution in [-0.4, -0.2) is 60.9 Å². The Bertz CT molecular complexity index is 952. The zero-order chi connectivity index (χ0) is 24.4. The van der Waals surface area contributed by atoms with Gasteiger partial charge in [-0.05, 0) is 61.8 Å². The first-order chi connectivity index (χ1) is 15.8. The first-order valence-electron chi connectivity index (χ1n) is 10.3. The summed E-state index contributed by atoms with van der Waals surface area (Å²) in [5.74, 6) is -2.28. The fourth-order valence-corrected chi connectivity index (χ4v) is 3.48. The molecule has 0 aliphatic rings. The van der Waals surface area contributed by atoms with Crippen molar-refractivity contribution in [2.24, 2.45) is 0 Å². The summed E-state index contributed by atoms with van der Waals surface area (Å²) in [5, 5.41) is 4.90. The standard InChI is InChI=1S/C23H27F2N3O4S/c1-4-28(14-20(29)27-21-17(24)6-5-7-18(21)25)23(31)19(12-13-33-3)26-22(30)15-8-10-16(32-2)11-9-15/h5-11,19H,4,12-14H2,1-3H3,(H,26,30)(H,27,29)/t19-/m0/s1. The maximum Gasteiger partial charge on any atom is 0.251 e. The van der Waals surface area contributed by atoms with Crippen LogP contribution in [0, 0.1) is 11.6 Å². The second-order valence-corrected chi connectivity index (χ2v) is 8.02. The van der Waals surface area contributed by atoms with E-state index in [1.807, 2.05) is 6.26 Å². The van der Waals surface area contributed by atoms with Gasteiger partial charge < -0.3 is 20.3 Å². The van der Waals surface area contributed by atoms with E-state index in [1.54, 1.807) is 31.2 Å². The third-order valence-corrected chi connectivity index (χ3v) is 5.47.